The van der Waals surface area contributed by atoms with Gasteiger partial charge in [-0.2, -0.15) is 0 Å². The van der Waals surface area contributed by atoms with Gasteiger partial charge in [0.1, 0.15) is 0 Å². The Balaban J connectivity index is 1.62. The number of hydrogen-bond donors (Lipinski definition) is 2. The van der Waals surface area contributed by atoms with E-state index in [4.69, 9.17) is 0 Å². The van der Waals surface area contributed by atoms with Crippen molar-refractivity contribution in [3.8, 4) is 0 Å². The Morgan fingerprint density at radius 1 is 1.12 bits per heavy atom. The molecule has 142 valence electrons. The zero-order chi connectivity index (χ0) is 18.4. The lowest BCUT2D eigenvalue weighted by Crippen LogP contribution is -2.39. The van der Waals surface area contributed by atoms with E-state index in [1.807, 2.05) is 24.4 Å². The third-order valence-electron chi connectivity index (χ3n) is 6.03. The second kappa shape index (κ2) is 9.15. The summed E-state index contributed by atoms with van der Waals surface area (Å²) >= 11 is 0. The normalized spacial score (nSPS) is 24.8. The minimum absolute atomic E-state index is 0.00557. The van der Waals surface area contributed by atoms with Gasteiger partial charge < -0.3 is 10.6 Å². The smallest absolute Gasteiger partial charge is 0.223 e. The monoisotopic (exact) mass is 357 g/mol. The van der Waals surface area contributed by atoms with Gasteiger partial charge in [-0.05, 0) is 62.5 Å². The third kappa shape index (κ3) is 5.05. The minimum Gasteiger partial charge on any atom is -0.356 e. The lowest BCUT2D eigenvalue weighted by molar-refractivity contribution is -0.126. The Morgan fingerprint density at radius 3 is 2.46 bits per heavy atom. The molecule has 0 spiro atoms. The molecule has 1 aromatic heterocycles. The fraction of sp³-hybridized carbons (Fsp3) is 0.667. The number of aromatic nitrogens is 1. The van der Waals surface area contributed by atoms with Gasteiger partial charge in [0.25, 0.3) is 0 Å². The minimum atomic E-state index is 0.00557. The second-order valence-electron chi connectivity index (χ2n) is 7.94. The first kappa shape index (κ1) is 18.9. The molecule has 0 radical (unpaired) electrons. The number of rotatable bonds is 6. The molecular weight excluding hydrogens is 326 g/mol. The van der Waals surface area contributed by atoms with Crippen molar-refractivity contribution in [2.45, 2.75) is 64.3 Å². The molecule has 5 heteroatoms. The van der Waals surface area contributed by atoms with Crippen molar-refractivity contribution in [1.29, 1.82) is 0 Å². The van der Waals surface area contributed by atoms with E-state index in [-0.39, 0.29) is 23.8 Å². The van der Waals surface area contributed by atoms with E-state index < -0.39 is 0 Å². The summed E-state index contributed by atoms with van der Waals surface area (Å²) in [6.07, 6.45) is 10.5. The molecule has 0 aromatic carbocycles. The van der Waals surface area contributed by atoms with Gasteiger partial charge in [-0.25, -0.2) is 0 Å². The van der Waals surface area contributed by atoms with Crippen molar-refractivity contribution in [2.75, 3.05) is 6.54 Å². The summed E-state index contributed by atoms with van der Waals surface area (Å²) in [4.78, 5) is 28.4. The highest BCUT2D eigenvalue weighted by atomic mass is 16.2. The summed E-state index contributed by atoms with van der Waals surface area (Å²) in [7, 11) is 0. The molecule has 5 nitrogen and oxygen atoms in total. The van der Waals surface area contributed by atoms with Crippen molar-refractivity contribution >= 4 is 11.8 Å². The van der Waals surface area contributed by atoms with Crippen LogP contribution in [0.25, 0.3) is 0 Å². The van der Waals surface area contributed by atoms with E-state index in [0.29, 0.717) is 11.8 Å². The summed E-state index contributed by atoms with van der Waals surface area (Å²) < 4.78 is 0. The molecule has 2 amide bonds. The molecule has 0 saturated heterocycles. The van der Waals surface area contributed by atoms with E-state index in [9.17, 15) is 9.59 Å². The Hall–Kier alpha value is -1.91. The van der Waals surface area contributed by atoms with Crippen LogP contribution in [0.3, 0.4) is 0 Å². The van der Waals surface area contributed by atoms with E-state index >= 15 is 0 Å². The summed E-state index contributed by atoms with van der Waals surface area (Å²) in [5.74, 6) is 1.40. The fourth-order valence-corrected chi connectivity index (χ4v) is 4.47. The van der Waals surface area contributed by atoms with Crippen molar-refractivity contribution in [1.82, 2.24) is 15.6 Å². The maximum Gasteiger partial charge on any atom is 0.223 e. The lowest BCUT2D eigenvalue weighted by Gasteiger charge is -2.34. The third-order valence-corrected chi connectivity index (χ3v) is 6.03. The quantitative estimate of drug-likeness (QED) is 0.820. The summed E-state index contributed by atoms with van der Waals surface area (Å²) in [6, 6.07) is 5.96. The fourth-order valence-electron chi connectivity index (χ4n) is 4.47. The van der Waals surface area contributed by atoms with E-state index in [0.717, 1.165) is 50.8 Å². The average molecular weight is 357 g/mol. The molecule has 2 N–H and O–H groups in total. The van der Waals surface area contributed by atoms with Crippen LogP contribution in [0.2, 0.25) is 0 Å². The van der Waals surface area contributed by atoms with Crippen molar-refractivity contribution < 1.29 is 9.59 Å². The van der Waals surface area contributed by atoms with Crippen LogP contribution in [-0.2, 0) is 9.59 Å². The largest absolute Gasteiger partial charge is 0.356 e. The highest BCUT2D eigenvalue weighted by molar-refractivity contribution is 5.79. The van der Waals surface area contributed by atoms with Crippen LogP contribution < -0.4 is 10.6 Å². The maximum absolute atomic E-state index is 12.7. The zero-order valence-electron chi connectivity index (χ0n) is 15.7. The van der Waals surface area contributed by atoms with Crippen LogP contribution in [0.15, 0.2) is 24.4 Å². The molecule has 1 heterocycles. The number of carbonyl (C=O) groups is 2. The second-order valence-corrected chi connectivity index (χ2v) is 7.94. The van der Waals surface area contributed by atoms with Crippen molar-refractivity contribution in [3.05, 3.63) is 30.1 Å². The van der Waals surface area contributed by atoms with Crippen LogP contribution in [0.5, 0.6) is 0 Å². The van der Waals surface area contributed by atoms with Crippen LogP contribution in [-0.4, -0.2) is 23.3 Å². The first-order valence-corrected chi connectivity index (χ1v) is 10.1. The number of carbonyl (C=O) groups excluding carboxylic acids is 2. The van der Waals surface area contributed by atoms with Crippen LogP contribution in [0, 0.1) is 17.8 Å². The molecule has 2 aliphatic carbocycles. The van der Waals surface area contributed by atoms with Gasteiger partial charge in [0.05, 0.1) is 11.7 Å². The van der Waals surface area contributed by atoms with Crippen LogP contribution in [0.1, 0.15) is 70.0 Å². The van der Waals surface area contributed by atoms with Gasteiger partial charge >= 0.3 is 0 Å². The molecule has 1 aromatic rings. The highest BCUT2D eigenvalue weighted by Gasteiger charge is 2.32. The maximum atomic E-state index is 12.7. The Morgan fingerprint density at radius 2 is 1.85 bits per heavy atom. The number of pyridine rings is 1. The van der Waals surface area contributed by atoms with E-state index in [2.05, 4.69) is 15.6 Å². The first-order chi connectivity index (χ1) is 12.6. The predicted molar refractivity (Wildman–Crippen MR) is 101 cm³/mol. The lowest BCUT2D eigenvalue weighted by atomic mass is 9.77. The van der Waals surface area contributed by atoms with E-state index in [1.165, 1.54) is 12.8 Å². The van der Waals surface area contributed by atoms with E-state index in [1.54, 1.807) is 6.92 Å². The van der Waals surface area contributed by atoms with Gasteiger partial charge in [-0.1, -0.05) is 18.9 Å². The molecule has 1 atom stereocenters. The van der Waals surface area contributed by atoms with Gasteiger partial charge in [0, 0.05) is 25.6 Å². The number of amides is 2. The predicted octanol–water partition coefficient (Wildman–Crippen LogP) is 3.37. The van der Waals surface area contributed by atoms with Crippen molar-refractivity contribution in [3.63, 3.8) is 0 Å². The van der Waals surface area contributed by atoms with Gasteiger partial charge in [-0.3, -0.25) is 14.6 Å². The Labute approximate surface area is 156 Å². The summed E-state index contributed by atoms with van der Waals surface area (Å²) in [5, 5.41) is 6.28. The molecule has 26 heavy (non-hydrogen) atoms. The molecule has 3 rings (SSSR count). The average Bonchev–Trinajstić information content (AvgIpc) is 3.20. The molecule has 2 aliphatic rings. The number of nitrogens with zero attached hydrogens (tertiary/aromatic N) is 1. The van der Waals surface area contributed by atoms with Crippen molar-refractivity contribution in [2.24, 2.45) is 17.8 Å². The van der Waals surface area contributed by atoms with Crippen LogP contribution in [0.4, 0.5) is 0 Å². The molecule has 2 fully saturated rings. The van der Waals surface area contributed by atoms with Gasteiger partial charge in [0.15, 0.2) is 0 Å². The Kier molecular flexibility index (Phi) is 6.64. The molecular formula is C21H31N3O2. The van der Waals surface area contributed by atoms with Crippen LogP contribution >= 0.6 is 0 Å². The SMILES string of the molecule is CC(=O)NCC1CCC([C@H](NC(=O)C2CCCC2)c2ccccn2)CC1. The van der Waals surface area contributed by atoms with Gasteiger partial charge in [-0.15, -0.1) is 0 Å². The number of hydrogen-bond acceptors (Lipinski definition) is 3. The molecule has 0 bridgehead atoms. The van der Waals surface area contributed by atoms with Gasteiger partial charge in [0.2, 0.25) is 11.8 Å². The molecule has 2 saturated carbocycles. The summed E-state index contributed by atoms with van der Waals surface area (Å²) in [5.41, 5.74) is 0.976. The topological polar surface area (TPSA) is 71.1 Å². The highest BCUT2D eigenvalue weighted by Crippen LogP contribution is 2.37. The molecule has 0 unspecified atom stereocenters. The summed E-state index contributed by atoms with van der Waals surface area (Å²) in [6.45, 7) is 2.34. The Bertz CT molecular complexity index is 591. The zero-order valence-corrected chi connectivity index (χ0v) is 15.7. The number of nitrogens with one attached hydrogen (secondary N) is 2. The standard InChI is InChI=1S/C21H31N3O2/c1-15(25)23-14-16-9-11-17(12-10-16)20(19-8-4-5-13-22-19)24-21(26)18-6-2-3-7-18/h4-5,8,13,16-18,20H,2-3,6-7,9-12,14H2,1H3,(H,23,25)(H,24,26)/t16?,17?,20-/m0/s1. The molecule has 0 aliphatic heterocycles. The first-order valence-electron chi connectivity index (χ1n) is 10.1.